The second kappa shape index (κ2) is 6.85. The summed E-state index contributed by atoms with van der Waals surface area (Å²) in [7, 11) is -3.19. The second-order valence-electron chi connectivity index (χ2n) is 5.07. The van der Waals surface area contributed by atoms with E-state index in [0.29, 0.717) is 13.1 Å². The van der Waals surface area contributed by atoms with Crippen LogP contribution in [-0.2, 0) is 34.4 Å². The summed E-state index contributed by atoms with van der Waals surface area (Å²) in [6, 6.07) is 14.7. The Hall–Kier alpha value is -1.69. The molecule has 0 saturated carbocycles. The van der Waals surface area contributed by atoms with Crippen LogP contribution in [-0.4, -0.2) is 8.42 Å². The minimum atomic E-state index is -3.19. The summed E-state index contributed by atoms with van der Waals surface area (Å²) in [6.07, 6.45) is 0. The van der Waals surface area contributed by atoms with Crippen molar-refractivity contribution >= 4 is 9.84 Å². The van der Waals surface area contributed by atoms with Crippen LogP contribution >= 0.6 is 0 Å². The smallest absolute Gasteiger partial charge is 0.158 e. The summed E-state index contributed by atoms with van der Waals surface area (Å²) in [5.41, 5.74) is 14.6. The van der Waals surface area contributed by atoms with Crippen LogP contribution in [0.4, 0.5) is 0 Å². The molecule has 2 aromatic carbocycles. The first kappa shape index (κ1) is 15.7. The molecule has 0 spiro atoms. The third-order valence-corrected chi connectivity index (χ3v) is 4.84. The van der Waals surface area contributed by atoms with Gasteiger partial charge in [-0.05, 0) is 22.3 Å². The molecule has 0 bridgehead atoms. The van der Waals surface area contributed by atoms with Crippen molar-refractivity contribution in [3.8, 4) is 0 Å². The van der Waals surface area contributed by atoms with E-state index in [1.807, 2.05) is 48.5 Å². The quantitative estimate of drug-likeness (QED) is 0.851. The van der Waals surface area contributed by atoms with Gasteiger partial charge in [0.15, 0.2) is 9.84 Å². The van der Waals surface area contributed by atoms with Gasteiger partial charge in [-0.15, -0.1) is 0 Å². The molecule has 0 heterocycles. The number of sulfone groups is 1. The third-order valence-electron chi connectivity index (χ3n) is 3.29. The van der Waals surface area contributed by atoms with Crippen LogP contribution < -0.4 is 11.5 Å². The van der Waals surface area contributed by atoms with Crippen molar-refractivity contribution < 1.29 is 8.42 Å². The molecule has 0 amide bonds. The lowest BCUT2D eigenvalue weighted by molar-refractivity contribution is 0.594. The Kier molecular flexibility index (Phi) is 5.12. The summed E-state index contributed by atoms with van der Waals surface area (Å²) < 4.78 is 24.5. The van der Waals surface area contributed by atoms with Gasteiger partial charge in [0.25, 0.3) is 0 Å². The van der Waals surface area contributed by atoms with Crippen molar-refractivity contribution in [2.24, 2.45) is 11.5 Å². The third kappa shape index (κ3) is 4.67. The molecule has 0 radical (unpaired) electrons. The molecule has 2 rings (SSSR count). The molecule has 21 heavy (non-hydrogen) atoms. The van der Waals surface area contributed by atoms with E-state index in [4.69, 9.17) is 11.5 Å². The molecule has 4 N–H and O–H groups in total. The van der Waals surface area contributed by atoms with E-state index in [1.54, 1.807) is 0 Å². The molecule has 0 fully saturated rings. The molecule has 0 unspecified atom stereocenters. The lowest BCUT2D eigenvalue weighted by Gasteiger charge is -2.06. The Morgan fingerprint density at radius 3 is 1.19 bits per heavy atom. The van der Waals surface area contributed by atoms with Crippen molar-refractivity contribution in [1.29, 1.82) is 0 Å². The zero-order valence-electron chi connectivity index (χ0n) is 11.8. The van der Waals surface area contributed by atoms with Gasteiger partial charge >= 0.3 is 0 Å². The average molecular weight is 304 g/mol. The molecule has 0 aliphatic rings. The fourth-order valence-corrected chi connectivity index (χ4v) is 3.60. The van der Waals surface area contributed by atoms with Gasteiger partial charge in [0, 0.05) is 13.1 Å². The molecule has 5 heteroatoms. The lowest BCUT2D eigenvalue weighted by atomic mass is 10.1. The van der Waals surface area contributed by atoms with Gasteiger partial charge in [-0.2, -0.15) is 0 Å². The van der Waals surface area contributed by atoms with Crippen LogP contribution in [0.2, 0.25) is 0 Å². The van der Waals surface area contributed by atoms with E-state index in [2.05, 4.69) is 0 Å². The van der Waals surface area contributed by atoms with Gasteiger partial charge in [-0.3, -0.25) is 0 Å². The summed E-state index contributed by atoms with van der Waals surface area (Å²) in [6.45, 7) is 0.918. The first-order chi connectivity index (χ1) is 10.0. The summed E-state index contributed by atoms with van der Waals surface area (Å²) in [4.78, 5) is 0. The van der Waals surface area contributed by atoms with Crippen molar-refractivity contribution in [3.05, 3.63) is 70.8 Å². The van der Waals surface area contributed by atoms with E-state index >= 15 is 0 Å². The first-order valence-electron chi connectivity index (χ1n) is 6.78. The first-order valence-corrected chi connectivity index (χ1v) is 8.61. The van der Waals surface area contributed by atoms with Gasteiger partial charge in [-0.25, -0.2) is 8.42 Å². The largest absolute Gasteiger partial charge is 0.326 e. The predicted molar refractivity (Wildman–Crippen MR) is 85.0 cm³/mol. The Morgan fingerprint density at radius 1 is 0.619 bits per heavy atom. The summed E-state index contributed by atoms with van der Waals surface area (Å²) >= 11 is 0. The van der Waals surface area contributed by atoms with Gasteiger partial charge < -0.3 is 11.5 Å². The molecule has 4 nitrogen and oxygen atoms in total. The highest BCUT2D eigenvalue weighted by Crippen LogP contribution is 2.14. The Bertz CT molecular complexity index is 622. The fourth-order valence-electron chi connectivity index (χ4n) is 2.10. The Balaban J connectivity index is 2.06. The number of hydrogen-bond acceptors (Lipinski definition) is 4. The number of hydrogen-bond donors (Lipinski definition) is 2. The fraction of sp³-hybridized carbons (Fsp3) is 0.250. The average Bonchev–Trinajstić information content (AvgIpc) is 2.48. The van der Waals surface area contributed by atoms with Crippen LogP contribution in [0.25, 0.3) is 0 Å². The predicted octanol–water partition coefficient (Wildman–Crippen LogP) is 1.72. The van der Waals surface area contributed by atoms with Crippen molar-refractivity contribution in [2.45, 2.75) is 24.6 Å². The van der Waals surface area contributed by atoms with E-state index in [1.165, 1.54) is 0 Å². The van der Waals surface area contributed by atoms with Crippen molar-refractivity contribution in [2.75, 3.05) is 0 Å². The maximum absolute atomic E-state index is 12.2. The molecule has 0 saturated heterocycles. The van der Waals surface area contributed by atoms with E-state index < -0.39 is 9.84 Å². The molecule has 0 aliphatic heterocycles. The molecular formula is C16H20N2O2S. The van der Waals surface area contributed by atoms with Crippen molar-refractivity contribution in [1.82, 2.24) is 0 Å². The van der Waals surface area contributed by atoms with Crippen LogP contribution in [0.5, 0.6) is 0 Å². The summed E-state index contributed by atoms with van der Waals surface area (Å²) in [5.74, 6) is 0.0764. The topological polar surface area (TPSA) is 86.2 Å². The normalized spacial score (nSPS) is 11.5. The van der Waals surface area contributed by atoms with Gasteiger partial charge in [0.1, 0.15) is 0 Å². The summed E-state index contributed by atoms with van der Waals surface area (Å²) in [5, 5.41) is 0. The highest BCUT2D eigenvalue weighted by molar-refractivity contribution is 7.89. The highest BCUT2D eigenvalue weighted by Gasteiger charge is 2.13. The zero-order chi connectivity index (χ0) is 15.3. The van der Waals surface area contributed by atoms with Crippen LogP contribution in [0.1, 0.15) is 22.3 Å². The second-order valence-corrected chi connectivity index (χ2v) is 7.14. The van der Waals surface area contributed by atoms with E-state index in [9.17, 15) is 8.42 Å². The number of benzene rings is 2. The lowest BCUT2D eigenvalue weighted by Crippen LogP contribution is -2.08. The molecule has 0 aliphatic carbocycles. The minimum absolute atomic E-state index is 0.0382. The molecule has 112 valence electrons. The number of rotatable bonds is 6. The maximum atomic E-state index is 12.2. The monoisotopic (exact) mass is 304 g/mol. The minimum Gasteiger partial charge on any atom is -0.326 e. The molecular weight excluding hydrogens is 284 g/mol. The maximum Gasteiger partial charge on any atom is 0.158 e. The van der Waals surface area contributed by atoms with Crippen LogP contribution in [0, 0.1) is 0 Å². The standard InChI is InChI=1S/C16H20N2O2S/c17-9-13-1-5-15(6-2-13)11-21(19,20)12-16-7-3-14(10-18)4-8-16/h1-8H,9-12,17-18H2. The van der Waals surface area contributed by atoms with Crippen LogP contribution in [0.3, 0.4) is 0 Å². The molecule has 0 atom stereocenters. The Morgan fingerprint density at radius 2 is 0.905 bits per heavy atom. The molecule has 2 aromatic rings. The van der Waals surface area contributed by atoms with Gasteiger partial charge in [-0.1, -0.05) is 48.5 Å². The SMILES string of the molecule is NCc1ccc(CS(=O)(=O)Cc2ccc(CN)cc2)cc1. The zero-order valence-corrected chi connectivity index (χ0v) is 12.6. The van der Waals surface area contributed by atoms with Crippen LogP contribution in [0.15, 0.2) is 48.5 Å². The van der Waals surface area contributed by atoms with Crippen molar-refractivity contribution in [3.63, 3.8) is 0 Å². The van der Waals surface area contributed by atoms with Gasteiger partial charge in [0.2, 0.25) is 0 Å². The van der Waals surface area contributed by atoms with Gasteiger partial charge in [0.05, 0.1) is 11.5 Å². The number of nitrogens with two attached hydrogens (primary N) is 2. The van der Waals surface area contributed by atoms with E-state index in [0.717, 1.165) is 22.3 Å². The Labute approximate surface area is 125 Å². The van der Waals surface area contributed by atoms with E-state index in [-0.39, 0.29) is 11.5 Å². The highest BCUT2D eigenvalue weighted by atomic mass is 32.2. The molecule has 0 aromatic heterocycles.